The standard InChI is InChI=1S/C16H17BrFN/c1-11-7-8-16(18)13(9-11)10-19-12(2)14-5-3-4-6-15(14)17/h3-9,12,19H,10H2,1-2H3/t12-/m1/s1. The monoisotopic (exact) mass is 321 g/mol. The molecule has 0 saturated carbocycles. The molecule has 3 heteroatoms. The Balaban J connectivity index is 2.06. The number of rotatable bonds is 4. The van der Waals surface area contributed by atoms with Gasteiger partial charge in [-0.25, -0.2) is 4.39 Å². The molecule has 0 aliphatic carbocycles. The highest BCUT2D eigenvalue weighted by atomic mass is 79.9. The van der Waals surface area contributed by atoms with Crippen LogP contribution in [0, 0.1) is 12.7 Å². The fourth-order valence-electron chi connectivity index (χ4n) is 2.04. The second-order valence-corrected chi connectivity index (χ2v) is 5.57. The summed E-state index contributed by atoms with van der Waals surface area (Å²) in [5.41, 5.74) is 2.96. The lowest BCUT2D eigenvalue weighted by atomic mass is 10.1. The van der Waals surface area contributed by atoms with Crippen molar-refractivity contribution in [2.75, 3.05) is 0 Å². The molecule has 2 aromatic rings. The summed E-state index contributed by atoms with van der Waals surface area (Å²) in [6, 6.07) is 13.4. The predicted molar refractivity (Wildman–Crippen MR) is 80.5 cm³/mol. The largest absolute Gasteiger partial charge is 0.306 e. The summed E-state index contributed by atoms with van der Waals surface area (Å²) in [5.74, 6) is -0.155. The quantitative estimate of drug-likeness (QED) is 0.857. The Bertz CT molecular complexity index is 568. The van der Waals surface area contributed by atoms with Crippen molar-refractivity contribution in [1.29, 1.82) is 0 Å². The number of hydrogen-bond donors (Lipinski definition) is 1. The van der Waals surface area contributed by atoms with Gasteiger partial charge in [-0.15, -0.1) is 0 Å². The highest BCUT2D eigenvalue weighted by Crippen LogP contribution is 2.23. The van der Waals surface area contributed by atoms with E-state index >= 15 is 0 Å². The van der Waals surface area contributed by atoms with Crippen molar-refractivity contribution < 1.29 is 4.39 Å². The zero-order chi connectivity index (χ0) is 13.8. The molecule has 0 amide bonds. The van der Waals surface area contributed by atoms with Crippen molar-refractivity contribution in [3.8, 4) is 0 Å². The molecule has 19 heavy (non-hydrogen) atoms. The average molecular weight is 322 g/mol. The van der Waals surface area contributed by atoms with Crippen LogP contribution in [0.4, 0.5) is 4.39 Å². The minimum atomic E-state index is -0.155. The summed E-state index contributed by atoms with van der Waals surface area (Å²) in [7, 11) is 0. The Hall–Kier alpha value is -1.19. The summed E-state index contributed by atoms with van der Waals surface area (Å²) in [6.07, 6.45) is 0. The Morgan fingerprint density at radius 1 is 1.21 bits per heavy atom. The van der Waals surface area contributed by atoms with Crippen molar-refractivity contribution in [2.24, 2.45) is 0 Å². The maximum atomic E-state index is 13.7. The van der Waals surface area contributed by atoms with Gasteiger partial charge in [0.05, 0.1) is 0 Å². The molecule has 0 aliphatic rings. The molecular weight excluding hydrogens is 305 g/mol. The maximum Gasteiger partial charge on any atom is 0.127 e. The molecule has 2 aromatic carbocycles. The summed E-state index contributed by atoms with van der Waals surface area (Å²) in [4.78, 5) is 0. The van der Waals surface area contributed by atoms with Gasteiger partial charge in [0.15, 0.2) is 0 Å². The van der Waals surface area contributed by atoms with Crippen LogP contribution in [0.1, 0.15) is 29.7 Å². The van der Waals surface area contributed by atoms with E-state index in [0.717, 1.165) is 10.0 Å². The van der Waals surface area contributed by atoms with E-state index < -0.39 is 0 Å². The third-order valence-corrected chi connectivity index (χ3v) is 3.89. The normalized spacial score (nSPS) is 12.4. The maximum absolute atomic E-state index is 13.7. The highest BCUT2D eigenvalue weighted by Gasteiger charge is 2.09. The lowest BCUT2D eigenvalue weighted by molar-refractivity contribution is 0.543. The zero-order valence-corrected chi connectivity index (χ0v) is 12.7. The van der Waals surface area contributed by atoms with Gasteiger partial charge in [0.1, 0.15) is 5.82 Å². The molecule has 0 spiro atoms. The SMILES string of the molecule is Cc1ccc(F)c(CN[C@H](C)c2ccccc2Br)c1. The topological polar surface area (TPSA) is 12.0 Å². The predicted octanol–water partition coefficient (Wildman–Crippen LogP) is 4.75. The van der Waals surface area contributed by atoms with E-state index in [4.69, 9.17) is 0 Å². The van der Waals surface area contributed by atoms with Gasteiger partial charge in [0, 0.05) is 22.6 Å². The molecule has 2 rings (SSSR count). The Kier molecular flexibility index (Phi) is 4.72. The first kappa shape index (κ1) is 14.2. The van der Waals surface area contributed by atoms with Crippen molar-refractivity contribution in [2.45, 2.75) is 26.4 Å². The summed E-state index contributed by atoms with van der Waals surface area (Å²) < 4.78 is 14.7. The van der Waals surface area contributed by atoms with Gasteiger partial charge in [0.2, 0.25) is 0 Å². The van der Waals surface area contributed by atoms with Crippen molar-refractivity contribution in [1.82, 2.24) is 5.32 Å². The molecule has 100 valence electrons. The number of aryl methyl sites for hydroxylation is 1. The summed E-state index contributed by atoms with van der Waals surface area (Å²) in [6.45, 7) is 4.57. The number of benzene rings is 2. The minimum Gasteiger partial charge on any atom is -0.306 e. The zero-order valence-electron chi connectivity index (χ0n) is 11.1. The molecule has 0 unspecified atom stereocenters. The van der Waals surface area contributed by atoms with Gasteiger partial charge in [0.25, 0.3) is 0 Å². The van der Waals surface area contributed by atoms with Crippen LogP contribution in [0.5, 0.6) is 0 Å². The van der Waals surface area contributed by atoms with E-state index in [9.17, 15) is 4.39 Å². The van der Waals surface area contributed by atoms with Crippen molar-refractivity contribution >= 4 is 15.9 Å². The van der Waals surface area contributed by atoms with Gasteiger partial charge in [-0.1, -0.05) is 51.8 Å². The molecule has 0 aromatic heterocycles. The molecule has 1 nitrogen and oxygen atoms in total. The van der Waals surface area contributed by atoms with Crippen molar-refractivity contribution in [3.05, 3.63) is 69.4 Å². The first-order valence-corrected chi connectivity index (χ1v) is 7.10. The molecule has 0 radical (unpaired) electrons. The Morgan fingerprint density at radius 2 is 1.95 bits per heavy atom. The fourth-order valence-corrected chi connectivity index (χ4v) is 2.67. The van der Waals surface area contributed by atoms with Crippen LogP contribution >= 0.6 is 15.9 Å². The van der Waals surface area contributed by atoms with Crippen LogP contribution in [0.3, 0.4) is 0 Å². The van der Waals surface area contributed by atoms with E-state index in [0.29, 0.717) is 12.1 Å². The molecule has 0 heterocycles. The number of nitrogens with one attached hydrogen (secondary N) is 1. The number of halogens is 2. The van der Waals surface area contributed by atoms with E-state index in [-0.39, 0.29) is 11.9 Å². The van der Waals surface area contributed by atoms with E-state index in [1.165, 1.54) is 11.6 Å². The van der Waals surface area contributed by atoms with Gasteiger partial charge < -0.3 is 5.32 Å². The summed E-state index contributed by atoms with van der Waals surface area (Å²) in [5, 5.41) is 3.35. The van der Waals surface area contributed by atoms with Crippen LogP contribution in [-0.2, 0) is 6.54 Å². The third-order valence-electron chi connectivity index (χ3n) is 3.17. The average Bonchev–Trinajstić information content (AvgIpc) is 2.40. The van der Waals surface area contributed by atoms with Crippen LogP contribution in [0.25, 0.3) is 0 Å². The van der Waals surface area contributed by atoms with E-state index in [1.54, 1.807) is 6.07 Å². The molecule has 1 N–H and O–H groups in total. The second kappa shape index (κ2) is 6.31. The van der Waals surface area contributed by atoms with Crippen LogP contribution < -0.4 is 5.32 Å². The van der Waals surface area contributed by atoms with Gasteiger partial charge in [-0.05, 0) is 31.5 Å². The number of hydrogen-bond acceptors (Lipinski definition) is 1. The molecule has 1 atom stereocenters. The molecular formula is C16H17BrFN. The molecule has 0 saturated heterocycles. The first-order chi connectivity index (χ1) is 9.08. The first-order valence-electron chi connectivity index (χ1n) is 6.31. The third kappa shape index (κ3) is 3.64. The smallest absolute Gasteiger partial charge is 0.127 e. The second-order valence-electron chi connectivity index (χ2n) is 4.72. The van der Waals surface area contributed by atoms with Gasteiger partial charge >= 0.3 is 0 Å². The van der Waals surface area contributed by atoms with E-state index in [2.05, 4.69) is 34.2 Å². The lowest BCUT2D eigenvalue weighted by Crippen LogP contribution is -2.19. The van der Waals surface area contributed by atoms with Gasteiger partial charge in [-0.3, -0.25) is 0 Å². The Labute approximate surface area is 122 Å². The van der Waals surface area contributed by atoms with Crippen molar-refractivity contribution in [3.63, 3.8) is 0 Å². The van der Waals surface area contributed by atoms with Crippen LogP contribution in [0.15, 0.2) is 46.9 Å². The fraction of sp³-hybridized carbons (Fsp3) is 0.250. The lowest BCUT2D eigenvalue weighted by Gasteiger charge is -2.16. The van der Waals surface area contributed by atoms with E-state index in [1.807, 2.05) is 31.2 Å². The van der Waals surface area contributed by atoms with Crippen LogP contribution in [0.2, 0.25) is 0 Å². The summed E-state index contributed by atoms with van der Waals surface area (Å²) >= 11 is 3.54. The molecule has 0 bridgehead atoms. The Morgan fingerprint density at radius 3 is 2.68 bits per heavy atom. The molecule has 0 aliphatic heterocycles. The molecule has 0 fully saturated rings. The van der Waals surface area contributed by atoms with Crippen LogP contribution in [-0.4, -0.2) is 0 Å². The minimum absolute atomic E-state index is 0.155. The highest BCUT2D eigenvalue weighted by molar-refractivity contribution is 9.10. The van der Waals surface area contributed by atoms with Gasteiger partial charge in [-0.2, -0.15) is 0 Å².